The van der Waals surface area contributed by atoms with E-state index in [0.29, 0.717) is 22.9 Å². The molecule has 4 aromatic carbocycles. The minimum Gasteiger partial charge on any atom is -0.497 e. The SMILES string of the molecule is CN/C=C\C(C)(Oc1ccc(C(OC[C@@H]2C[C@H](F)[C@H](N)O2)(c2ccccc2)c2ccc(OC)cc2)cc1)C1(C)c2ncnc(NC(=O)c3ccccc3)c21. The molecule has 11 heteroatoms. The standard InChI is InChI=1S/C43H44FN5O5/c1-41(23-24-46-3,42(2)36-37(42)47-27-48-39(36)49-40(50)28-11-7-5-8-12-28)54-33-21-17-31(18-22-33)43(29-13-9-6-10-14-29,30-15-19-32(51-4)20-16-30)52-26-34-25-35(44)38(45)53-34/h5-24,27,34-35,38,46H,25-26,45H2,1-4H3,(H,47,48,49,50)/b24-23-/t34-,35-,38+,41?,42?,43?/m0/s1. The predicted molar refractivity (Wildman–Crippen MR) is 204 cm³/mol. The topological polar surface area (TPSA) is 130 Å². The van der Waals surface area contributed by atoms with Crippen molar-refractivity contribution < 1.29 is 28.1 Å². The number of methoxy groups -OCH3 is 1. The number of aromatic nitrogens is 2. The van der Waals surface area contributed by atoms with Gasteiger partial charge in [0, 0.05) is 24.6 Å². The number of hydrogen-bond donors (Lipinski definition) is 3. The van der Waals surface area contributed by atoms with Crippen LogP contribution in [-0.4, -0.2) is 60.7 Å². The highest BCUT2D eigenvalue weighted by Crippen LogP contribution is 2.59. The van der Waals surface area contributed by atoms with E-state index in [-0.39, 0.29) is 18.9 Å². The van der Waals surface area contributed by atoms with Gasteiger partial charge in [0.05, 0.1) is 30.9 Å². The van der Waals surface area contributed by atoms with Crippen molar-refractivity contribution in [2.24, 2.45) is 5.73 Å². The average Bonchev–Trinajstić information content (AvgIpc) is 3.72. The molecule has 0 saturated carbocycles. The normalized spacial score (nSPS) is 22.4. The lowest BCUT2D eigenvalue weighted by Gasteiger charge is -2.37. The van der Waals surface area contributed by atoms with Gasteiger partial charge in [0.15, 0.2) is 0 Å². The summed E-state index contributed by atoms with van der Waals surface area (Å²) in [5.41, 5.74) is 7.68. The lowest BCUT2D eigenvalue weighted by Crippen LogP contribution is -2.43. The van der Waals surface area contributed by atoms with Gasteiger partial charge in [-0.1, -0.05) is 72.8 Å². The number of carbonyl (C=O) groups excluding carboxylic acids is 1. The van der Waals surface area contributed by atoms with Crippen LogP contribution in [0.2, 0.25) is 0 Å². The molecule has 0 radical (unpaired) electrons. The molecule has 10 nitrogen and oxygen atoms in total. The van der Waals surface area contributed by atoms with Crippen LogP contribution >= 0.6 is 0 Å². The monoisotopic (exact) mass is 729 g/mol. The highest BCUT2D eigenvalue weighted by atomic mass is 19.1. The Morgan fingerprint density at radius 1 is 0.944 bits per heavy atom. The number of nitrogens with one attached hydrogen (secondary N) is 2. The first-order chi connectivity index (χ1) is 26.1. The number of halogens is 1. The molecule has 0 bridgehead atoms. The molecule has 0 spiro atoms. The van der Waals surface area contributed by atoms with Crippen molar-refractivity contribution in [2.45, 2.75) is 55.4 Å². The Bertz CT molecular complexity index is 2090. The summed E-state index contributed by atoms with van der Waals surface area (Å²) in [5, 5.41) is 6.07. The zero-order valence-electron chi connectivity index (χ0n) is 30.7. The van der Waals surface area contributed by atoms with Crippen LogP contribution in [0, 0.1) is 0 Å². The van der Waals surface area contributed by atoms with Gasteiger partial charge in [0.1, 0.15) is 47.2 Å². The molecule has 1 amide bonds. The van der Waals surface area contributed by atoms with Crippen molar-refractivity contribution in [1.82, 2.24) is 15.3 Å². The average molecular weight is 730 g/mol. The van der Waals surface area contributed by atoms with Gasteiger partial charge in [-0.15, -0.1) is 0 Å². The van der Waals surface area contributed by atoms with Crippen LogP contribution in [0.4, 0.5) is 10.2 Å². The number of benzene rings is 4. The number of nitrogens with zero attached hydrogens (tertiary/aromatic N) is 2. The van der Waals surface area contributed by atoms with Gasteiger partial charge in [-0.3, -0.25) is 4.79 Å². The van der Waals surface area contributed by atoms with Crippen LogP contribution in [0.25, 0.3) is 0 Å². The van der Waals surface area contributed by atoms with Crippen molar-refractivity contribution in [1.29, 1.82) is 0 Å². The molecule has 1 aliphatic carbocycles. The van der Waals surface area contributed by atoms with Crippen molar-refractivity contribution >= 4 is 11.7 Å². The molecule has 1 aliphatic heterocycles. The molecule has 5 aromatic rings. The molecule has 3 unspecified atom stereocenters. The second-order valence-electron chi connectivity index (χ2n) is 13.8. The third kappa shape index (κ3) is 6.70. The summed E-state index contributed by atoms with van der Waals surface area (Å²) in [6.07, 6.45) is 2.59. The molecular weight excluding hydrogens is 686 g/mol. The lowest BCUT2D eigenvalue weighted by molar-refractivity contribution is -0.0624. The number of hydrogen-bond acceptors (Lipinski definition) is 9. The van der Waals surface area contributed by atoms with Gasteiger partial charge in [-0.05, 0) is 79.2 Å². The molecule has 1 aromatic heterocycles. The summed E-state index contributed by atoms with van der Waals surface area (Å²) in [6, 6.07) is 34.4. The second-order valence-corrected chi connectivity index (χ2v) is 13.8. The summed E-state index contributed by atoms with van der Waals surface area (Å²) in [5.74, 6) is 1.47. The van der Waals surface area contributed by atoms with E-state index in [9.17, 15) is 9.18 Å². The fraction of sp³-hybridized carbons (Fsp3) is 0.279. The molecular formula is C43H44FN5O5. The highest BCUT2D eigenvalue weighted by Gasteiger charge is 2.63. The number of fused-ring (bicyclic) bond motifs is 1. The van der Waals surface area contributed by atoms with E-state index < -0.39 is 35.1 Å². The Morgan fingerprint density at radius 2 is 1.56 bits per heavy atom. The maximum Gasteiger partial charge on any atom is 0.256 e. The van der Waals surface area contributed by atoms with E-state index in [1.807, 2.05) is 130 Å². The van der Waals surface area contributed by atoms with Gasteiger partial charge in [-0.25, -0.2) is 14.4 Å². The van der Waals surface area contributed by atoms with E-state index in [4.69, 9.17) is 24.7 Å². The van der Waals surface area contributed by atoms with Gasteiger partial charge < -0.3 is 35.3 Å². The molecule has 278 valence electrons. The van der Waals surface area contributed by atoms with Crippen LogP contribution in [0.15, 0.2) is 128 Å². The predicted octanol–water partition coefficient (Wildman–Crippen LogP) is 6.65. The quantitative estimate of drug-likeness (QED) is 0.108. The summed E-state index contributed by atoms with van der Waals surface area (Å²) < 4.78 is 39.5. The van der Waals surface area contributed by atoms with E-state index in [2.05, 4.69) is 20.6 Å². The Balaban J connectivity index is 1.23. The Hall–Kier alpha value is -5.62. The van der Waals surface area contributed by atoms with Gasteiger partial charge in [0.25, 0.3) is 5.91 Å². The minimum atomic E-state index is -1.27. The number of carbonyl (C=O) groups is 1. The highest BCUT2D eigenvalue weighted by molar-refractivity contribution is 6.04. The molecule has 1 fully saturated rings. The molecule has 6 atom stereocenters. The van der Waals surface area contributed by atoms with Crippen LogP contribution in [-0.2, 0) is 20.5 Å². The van der Waals surface area contributed by atoms with Crippen LogP contribution in [0.5, 0.6) is 11.5 Å². The van der Waals surface area contributed by atoms with Gasteiger partial charge in [-0.2, -0.15) is 0 Å². The number of nitrogens with two attached hydrogens (primary N) is 1. The van der Waals surface area contributed by atoms with Crippen LogP contribution < -0.4 is 25.8 Å². The minimum absolute atomic E-state index is 0.0982. The molecule has 2 heterocycles. The van der Waals surface area contributed by atoms with Crippen molar-refractivity contribution in [3.8, 4) is 11.5 Å². The number of anilines is 1. The van der Waals surface area contributed by atoms with E-state index in [1.165, 1.54) is 6.33 Å². The maximum absolute atomic E-state index is 14.5. The van der Waals surface area contributed by atoms with Gasteiger partial charge in [0.2, 0.25) is 0 Å². The summed E-state index contributed by atoms with van der Waals surface area (Å²) >= 11 is 0. The third-order valence-electron chi connectivity index (χ3n) is 10.5. The largest absolute Gasteiger partial charge is 0.497 e. The zero-order chi connectivity index (χ0) is 37.9. The van der Waals surface area contributed by atoms with E-state index >= 15 is 0 Å². The zero-order valence-corrected chi connectivity index (χ0v) is 30.7. The molecule has 2 aliphatic rings. The smallest absolute Gasteiger partial charge is 0.256 e. The van der Waals surface area contributed by atoms with Crippen LogP contribution in [0.3, 0.4) is 0 Å². The Kier molecular flexibility index (Phi) is 10.2. The second kappa shape index (κ2) is 15.0. The number of alkyl halides is 1. The fourth-order valence-corrected chi connectivity index (χ4v) is 7.33. The van der Waals surface area contributed by atoms with Crippen molar-refractivity contribution in [2.75, 3.05) is 26.1 Å². The summed E-state index contributed by atoms with van der Waals surface area (Å²) in [7, 11) is 3.44. The van der Waals surface area contributed by atoms with E-state index in [1.54, 1.807) is 19.2 Å². The van der Waals surface area contributed by atoms with E-state index in [0.717, 1.165) is 27.9 Å². The van der Waals surface area contributed by atoms with Crippen molar-refractivity contribution in [3.05, 3.63) is 161 Å². The summed E-state index contributed by atoms with van der Waals surface area (Å²) in [4.78, 5) is 22.2. The fourth-order valence-electron chi connectivity index (χ4n) is 7.33. The lowest BCUT2D eigenvalue weighted by atomic mass is 9.80. The first-order valence-electron chi connectivity index (χ1n) is 17.9. The third-order valence-corrected chi connectivity index (χ3v) is 10.5. The molecule has 54 heavy (non-hydrogen) atoms. The first kappa shape index (κ1) is 36.7. The Morgan fingerprint density at radius 3 is 2.15 bits per heavy atom. The molecule has 7 rings (SSSR count). The van der Waals surface area contributed by atoms with Gasteiger partial charge >= 0.3 is 0 Å². The van der Waals surface area contributed by atoms with Crippen molar-refractivity contribution in [3.63, 3.8) is 0 Å². The molecule has 4 N–H and O–H groups in total. The number of ether oxygens (including phenoxy) is 4. The van der Waals surface area contributed by atoms with Crippen LogP contribution in [0.1, 0.15) is 58.6 Å². The first-order valence-corrected chi connectivity index (χ1v) is 17.9. The summed E-state index contributed by atoms with van der Waals surface area (Å²) in [6.45, 7) is 4.12. The Labute approximate surface area is 314 Å². The molecule has 1 saturated heterocycles. The maximum atomic E-state index is 14.5. The number of rotatable bonds is 14. The number of amides is 1.